The molecule has 0 unspecified atom stereocenters. The summed E-state index contributed by atoms with van der Waals surface area (Å²) in [6.07, 6.45) is 59.4. The van der Waals surface area contributed by atoms with E-state index in [0.717, 1.165) is 102 Å². The van der Waals surface area contributed by atoms with Crippen LogP contribution in [-0.4, -0.2) is 180 Å². The number of carbonyl (C=O) groups is 16. The van der Waals surface area contributed by atoms with Crippen LogP contribution in [0, 0.1) is 76.9 Å². The fourth-order valence-electron chi connectivity index (χ4n) is 10.3. The van der Waals surface area contributed by atoms with Crippen molar-refractivity contribution < 1.29 is 76.7 Å². The number of carbonyl (C=O) groups excluding carboxylic acids is 16. The lowest BCUT2D eigenvalue weighted by Crippen LogP contribution is -2.44. The molecule has 0 bridgehead atoms. The number of rotatable bonds is 48. The summed E-state index contributed by atoms with van der Waals surface area (Å²) >= 11 is 0. The number of hydrogen-bond acceptors (Lipinski definition) is 20. The molecule has 21 nitrogen and oxygen atoms in total. The van der Waals surface area contributed by atoms with Crippen molar-refractivity contribution in [1.29, 1.82) is 0 Å². The fraction of sp³-hybridized carbons (Fsp3) is 0.613. The van der Waals surface area contributed by atoms with Gasteiger partial charge in [0.05, 0.1) is 0 Å². The van der Waals surface area contributed by atoms with Gasteiger partial charge in [-0.25, -0.2) is 0 Å². The van der Waals surface area contributed by atoms with Crippen LogP contribution in [0.2, 0.25) is 0 Å². The van der Waals surface area contributed by atoms with Crippen molar-refractivity contribution in [3.63, 3.8) is 0 Å². The van der Waals surface area contributed by atoms with Gasteiger partial charge in [-0.15, -0.1) is 0 Å². The number of piperidine rings is 1. The molecule has 21 heteroatoms. The summed E-state index contributed by atoms with van der Waals surface area (Å²) in [6.45, 7) is 78.6. The Kier molecular flexibility index (Phi) is 110. The minimum atomic E-state index is -0.121. The lowest BCUT2D eigenvalue weighted by atomic mass is 9.97. The predicted octanol–water partition coefficient (Wildman–Crippen LogP) is 27.1. The van der Waals surface area contributed by atoms with Gasteiger partial charge >= 0.3 is 0 Å². The molecule has 3 aliphatic rings. The highest BCUT2D eigenvalue weighted by Gasteiger charge is 2.17. The van der Waals surface area contributed by atoms with Gasteiger partial charge < -0.3 is 15.5 Å². The van der Waals surface area contributed by atoms with E-state index in [1.807, 2.05) is 287 Å². The molecule has 1 amide bonds. The normalized spacial score (nSPS) is 13.3. The Balaban J connectivity index is -0.000000199. The van der Waals surface area contributed by atoms with E-state index in [1.54, 1.807) is 73.8 Å². The van der Waals surface area contributed by atoms with Crippen LogP contribution in [0.25, 0.3) is 0 Å². The molecule has 2 saturated heterocycles. The maximum atomic E-state index is 11.5. The van der Waals surface area contributed by atoms with Gasteiger partial charge in [0.25, 0.3) is 0 Å². The minimum absolute atomic E-state index is 0.000926. The first-order valence-corrected chi connectivity index (χ1v) is 53.8. The predicted molar refractivity (Wildman–Crippen MR) is 614 cm³/mol. The maximum absolute atomic E-state index is 11.5. The van der Waals surface area contributed by atoms with Crippen LogP contribution in [0.5, 0.6) is 0 Å². The van der Waals surface area contributed by atoms with E-state index in [0.29, 0.717) is 18.6 Å². The van der Waals surface area contributed by atoms with Crippen LogP contribution in [0.15, 0.2) is 188 Å². The fourth-order valence-corrected chi connectivity index (χ4v) is 10.3. The molecular weight excluding hydrogens is 1820 g/mol. The number of likely N-dealkylation sites (tertiary alicyclic amines) is 1. The van der Waals surface area contributed by atoms with Crippen molar-refractivity contribution in [3.05, 3.63) is 188 Å². The quantitative estimate of drug-likeness (QED) is 0.0452. The lowest BCUT2D eigenvalue weighted by molar-refractivity contribution is -0.119. The smallest absolute Gasteiger partial charge is 0.228 e. The molecule has 2 N–H and O–H groups in total. The van der Waals surface area contributed by atoms with Crippen LogP contribution in [0.4, 0.5) is 5.69 Å². The lowest BCUT2D eigenvalue weighted by Gasteiger charge is -2.31. The largest absolute Gasteiger partial charge is 0.326 e. The van der Waals surface area contributed by atoms with Gasteiger partial charge in [-0.05, 0) is 201 Å². The Morgan fingerprint density at radius 2 is 0.662 bits per heavy atom. The topological polar surface area (TPSA) is 307 Å². The highest BCUT2D eigenvalue weighted by Crippen LogP contribution is 2.14. The zero-order valence-electron chi connectivity index (χ0n) is 97.6. The second-order valence-corrected chi connectivity index (χ2v) is 39.6. The molecule has 0 atom stereocenters. The van der Waals surface area contributed by atoms with Gasteiger partial charge in [-0.1, -0.05) is 345 Å². The highest BCUT2D eigenvalue weighted by atomic mass is 16.2. The van der Waals surface area contributed by atoms with Gasteiger partial charge in [-0.3, -0.25) is 86.5 Å². The molecule has 1 aromatic carbocycles. The summed E-state index contributed by atoms with van der Waals surface area (Å²) < 4.78 is 0. The Labute approximate surface area is 884 Å². The van der Waals surface area contributed by atoms with Crippen LogP contribution in [0.1, 0.15) is 351 Å². The number of allylic oxidation sites excluding steroid dienone is 20. The average molecular weight is 2020 g/mol. The number of hydrogen-bond donors (Lipinski definition) is 2. The second-order valence-electron chi connectivity index (χ2n) is 39.6. The molecule has 0 aromatic heterocycles. The molecule has 0 spiro atoms. The molecule has 3 heterocycles. The molecule has 3 aliphatic heterocycles. The molecule has 0 saturated carbocycles. The number of nitrogens with one attached hydrogen (secondary N) is 2. The van der Waals surface area contributed by atoms with Gasteiger partial charge in [0.1, 0.15) is 5.78 Å². The monoisotopic (exact) mass is 2020 g/mol. The number of para-hydroxylation sites is 1. The number of likely N-dealkylation sites (N-methyl/N-ethyl adjacent to an activating group) is 1. The molecule has 145 heavy (non-hydrogen) atoms. The van der Waals surface area contributed by atoms with Crippen LogP contribution >= 0.6 is 0 Å². The van der Waals surface area contributed by atoms with E-state index in [9.17, 15) is 76.7 Å². The first-order chi connectivity index (χ1) is 68.0. The summed E-state index contributed by atoms with van der Waals surface area (Å²) in [5.74, 6) is 3.68. The molecule has 0 radical (unpaired) electrons. The van der Waals surface area contributed by atoms with Crippen molar-refractivity contribution in [1.82, 2.24) is 20.0 Å². The minimum Gasteiger partial charge on any atom is -0.326 e. The van der Waals surface area contributed by atoms with E-state index in [4.69, 9.17) is 0 Å². The summed E-state index contributed by atoms with van der Waals surface area (Å²) in [7, 11) is 2.15. The van der Waals surface area contributed by atoms with E-state index in [2.05, 4.69) is 52.8 Å². The molecule has 0 aliphatic carbocycles. The molecule has 4 rings (SSSR count). The SMILES string of the molecule is C/C=C/C(=O)C(C)C.C=CC(=O)C(C)C.CC(=O)C/C=C/C(=O)C(C)C.CC(C)C(=O)/C=C/CC(=O)Nc1ccccc1.CC(C)C(=O)/C=C/CN1CCCCC1.CC(C)C(=O)/C=C/CN1CCN(C)CC1.CC(C)C(=O)C1=CCNCC1.CC/C=C/C(=O)C(C)C.CC/C=C/C(=O)C(C)C.CC/C=C/C(=O)C(C)C.CCC(=O)/C=C/C(=O)C(C)C.CCCCC/C=C/C(=O)C(C)C.CCCCC/C=C/C(=O)C(C)C. The van der Waals surface area contributed by atoms with Crippen molar-refractivity contribution in [2.24, 2.45) is 76.9 Å². The third kappa shape index (κ3) is 110. The Morgan fingerprint density at radius 1 is 0.352 bits per heavy atom. The second kappa shape index (κ2) is 104. The van der Waals surface area contributed by atoms with Gasteiger partial charge in [-0.2, -0.15) is 0 Å². The van der Waals surface area contributed by atoms with E-state index in [-0.39, 0.29) is 170 Å². The summed E-state index contributed by atoms with van der Waals surface area (Å²) in [5.41, 5.74) is 1.78. The number of unbranched alkanes of at least 4 members (excludes halogenated alkanes) is 6. The number of amides is 1. The number of Topliss-reactive ketones (excluding diaryl/α,β-unsaturated/α-hetero) is 2. The van der Waals surface area contributed by atoms with Gasteiger partial charge in [0, 0.05) is 148 Å². The molecule has 1 aromatic rings. The van der Waals surface area contributed by atoms with Crippen molar-refractivity contribution in [2.45, 2.75) is 351 Å². The highest BCUT2D eigenvalue weighted by molar-refractivity contribution is 6.00. The van der Waals surface area contributed by atoms with Gasteiger partial charge in [0.2, 0.25) is 5.91 Å². The first-order valence-electron chi connectivity index (χ1n) is 53.8. The van der Waals surface area contributed by atoms with Crippen molar-refractivity contribution in [3.8, 4) is 0 Å². The number of ketones is 15. The van der Waals surface area contributed by atoms with E-state index in [1.165, 1.54) is 108 Å². The molecule has 824 valence electrons. The Hall–Kier alpha value is -9.80. The number of nitrogens with zero attached hydrogens (tertiary/aromatic N) is 3. The Bertz CT molecular complexity index is 3960. The summed E-state index contributed by atoms with van der Waals surface area (Å²) in [5, 5.41) is 5.92. The average Bonchev–Trinajstić information content (AvgIpc) is 0.896. The Morgan fingerprint density at radius 3 is 0.938 bits per heavy atom. The molecule has 2 fully saturated rings. The van der Waals surface area contributed by atoms with E-state index >= 15 is 0 Å². The maximum Gasteiger partial charge on any atom is 0.228 e. The van der Waals surface area contributed by atoms with Crippen LogP contribution in [0.3, 0.4) is 0 Å². The molecular formula is C124H207N5O16. The standard InChI is InChI=1S/C14H17NO2.C12H22N2O.C12H21NO.2C11H20O.C9H15NO.2C9H14O2.3C8H14O.C7H12O.C6H10O/c1-11(2)13(16)9-6-10-14(17)15-12-7-4-3-5-8-12;1-11(2)12(15)5-4-6-14-9-7-13(3)8-10-14;1-11(2)12(14)7-6-10-13-8-4-3-5-9-13;2*1-4-5-6-7-8-9-11(12)10(2)3;1-7(2)9(11)8-3-5-10-6-4-8;1-7(2)9(11)6-4-5-8(3)10;1-4-8(10)5-6-9(11)7(2)3;3*1-4-5-6-8(9)7(2)3;1-4-5-7(8)6(2)3;1-4-6(7)5(2)3/h3-9,11H,10H2,1-2H3,(H,15,17);4-5,11H,6-10H2,1-3H3;6-7,11H,3-5,8-10H2,1-2H3;2*8-10H,4-7H2,1-3H3;3,7,10H,4-6H2,1-2H3;4,6-7H,5H2,1-3H3;5-7H,4H2,1-3H3;3*5-7H,4H2,1-3H3;4-6H,1-3H3;4-5H,1H2,2-3H3/b9-6+;5-4+;7-6+;2*9-8+;;6-4+;4*6-5+;5-4+;. The summed E-state index contributed by atoms with van der Waals surface area (Å²) in [6, 6.07) is 9.24. The third-order valence-corrected chi connectivity index (χ3v) is 20.8. The van der Waals surface area contributed by atoms with E-state index < -0.39 is 0 Å². The summed E-state index contributed by atoms with van der Waals surface area (Å²) in [4.78, 5) is 183. The number of piperazine rings is 1. The van der Waals surface area contributed by atoms with Gasteiger partial charge in [0.15, 0.2) is 81.0 Å². The third-order valence-electron chi connectivity index (χ3n) is 20.8. The number of anilines is 1. The number of benzene rings is 1. The van der Waals surface area contributed by atoms with Crippen LogP contribution in [-0.2, 0) is 76.7 Å². The van der Waals surface area contributed by atoms with Crippen molar-refractivity contribution >= 4 is 98.3 Å². The van der Waals surface area contributed by atoms with Crippen molar-refractivity contribution in [2.75, 3.05) is 77.8 Å². The first kappa shape index (κ1) is 153. The van der Waals surface area contributed by atoms with Crippen LogP contribution < -0.4 is 10.6 Å². The zero-order valence-corrected chi connectivity index (χ0v) is 97.6. The zero-order chi connectivity index (χ0) is 113.